The van der Waals surface area contributed by atoms with E-state index >= 15 is 0 Å². The van der Waals surface area contributed by atoms with E-state index in [0.29, 0.717) is 0 Å². The first kappa shape index (κ1) is 37.1. The molecule has 0 amide bonds. The Bertz CT molecular complexity index is 3230. The molecule has 0 saturated heterocycles. The first-order chi connectivity index (χ1) is 30.7. The number of benzene rings is 8. The third-order valence-corrected chi connectivity index (χ3v) is 12.1. The van der Waals surface area contributed by atoms with E-state index in [0.717, 1.165) is 74.2 Å². The maximum Gasteiger partial charge on any atom is 0.145 e. The van der Waals surface area contributed by atoms with Crippen molar-refractivity contribution in [1.29, 1.82) is 0 Å². The number of pyridine rings is 1. The van der Waals surface area contributed by atoms with Gasteiger partial charge in [0.05, 0.1) is 16.9 Å². The summed E-state index contributed by atoms with van der Waals surface area (Å²) in [6.45, 7) is 0. The lowest BCUT2D eigenvalue weighted by Crippen LogP contribution is -2.25. The van der Waals surface area contributed by atoms with E-state index in [1.165, 1.54) is 44.2 Å². The smallest absolute Gasteiger partial charge is 0.145 e. The van der Waals surface area contributed by atoms with Gasteiger partial charge in [-0.15, -0.1) is 0 Å². The van der Waals surface area contributed by atoms with E-state index in [1.807, 2.05) is 0 Å². The van der Waals surface area contributed by atoms with Crippen LogP contribution in [0.3, 0.4) is 0 Å². The highest BCUT2D eigenvalue weighted by atomic mass is 15.1. The molecule has 2 heterocycles. The number of hydrogen-bond donors (Lipinski definition) is 1. The second kappa shape index (κ2) is 16.3. The summed E-state index contributed by atoms with van der Waals surface area (Å²) in [7, 11) is 0. The first-order valence-corrected chi connectivity index (χ1v) is 21.5. The number of nitrogens with zero attached hydrogens (tertiary/aromatic N) is 2. The average Bonchev–Trinajstić information content (AvgIpc) is 3.37. The van der Waals surface area contributed by atoms with Crippen molar-refractivity contribution in [3.05, 3.63) is 247 Å². The molecule has 3 heteroatoms. The Morgan fingerprint density at radius 3 is 1.85 bits per heavy atom. The van der Waals surface area contributed by atoms with Crippen molar-refractivity contribution >= 4 is 38.7 Å². The molecule has 0 radical (unpaired) electrons. The van der Waals surface area contributed by atoms with Crippen LogP contribution in [0.2, 0.25) is 0 Å². The van der Waals surface area contributed by atoms with Gasteiger partial charge in [-0.1, -0.05) is 194 Å². The molecule has 2 aliphatic rings. The number of aliphatic imine (C=N–C) groups is 1. The Balaban J connectivity index is 1.03. The SMILES string of the molecule is C1=CC(c2cccc(C3=CC(c4cccc(-c5ccccc5)c4)=NC(c4ccc(-c5cc6ccccc6c6c(-c7ccccc7)cc(-c7ccccc7)nc56)cc4)N3)c2)=CCC1. The zero-order valence-corrected chi connectivity index (χ0v) is 34.2. The van der Waals surface area contributed by atoms with Crippen LogP contribution in [0.5, 0.6) is 0 Å². The zero-order chi connectivity index (χ0) is 41.2. The molecule has 0 bridgehead atoms. The maximum absolute atomic E-state index is 5.48. The van der Waals surface area contributed by atoms with E-state index in [9.17, 15) is 0 Å². The molecular formula is C59H43N3. The van der Waals surface area contributed by atoms with Crippen LogP contribution in [0.4, 0.5) is 0 Å². The van der Waals surface area contributed by atoms with Gasteiger partial charge in [-0.05, 0) is 104 Å². The number of allylic oxidation sites excluding steroid dienone is 5. The Morgan fingerprint density at radius 1 is 0.468 bits per heavy atom. The minimum Gasteiger partial charge on any atom is -0.360 e. The summed E-state index contributed by atoms with van der Waals surface area (Å²) in [4.78, 5) is 10.9. The summed E-state index contributed by atoms with van der Waals surface area (Å²) in [5.74, 6) is 0. The lowest BCUT2D eigenvalue weighted by atomic mass is 9.90. The van der Waals surface area contributed by atoms with E-state index in [2.05, 4.69) is 230 Å². The molecule has 3 nitrogen and oxygen atoms in total. The van der Waals surface area contributed by atoms with E-state index in [-0.39, 0.29) is 6.17 Å². The standard InChI is InChI=1S/C59H43N3/c1-5-17-40(18-6-1)46-26-15-28-49(35-46)55-39-56(50-29-16-27-47(36-50)41-19-7-2-8-20-41)62-59(61-55)45-33-31-43(32-34-45)53-37-48-25-13-14-30-51(48)57-52(42-21-9-3-10-22-42)38-54(60-58(53)57)44-23-11-4-12-24-44/h1,3-7,9-39,59,62H,2,8H2. The molecule has 294 valence electrons. The van der Waals surface area contributed by atoms with E-state index < -0.39 is 0 Å². The molecule has 0 spiro atoms. The van der Waals surface area contributed by atoms with Gasteiger partial charge < -0.3 is 5.32 Å². The summed E-state index contributed by atoms with van der Waals surface area (Å²) in [5.41, 5.74) is 17.7. The van der Waals surface area contributed by atoms with Crippen molar-refractivity contribution in [2.75, 3.05) is 0 Å². The first-order valence-electron chi connectivity index (χ1n) is 21.5. The van der Waals surface area contributed by atoms with Gasteiger partial charge in [-0.25, -0.2) is 4.98 Å². The number of hydrogen-bond acceptors (Lipinski definition) is 3. The minimum absolute atomic E-state index is 0.308. The van der Waals surface area contributed by atoms with Gasteiger partial charge in [-0.2, -0.15) is 0 Å². The number of aromatic nitrogens is 1. The predicted molar refractivity (Wildman–Crippen MR) is 261 cm³/mol. The van der Waals surface area contributed by atoms with Crippen molar-refractivity contribution < 1.29 is 0 Å². The monoisotopic (exact) mass is 793 g/mol. The molecule has 62 heavy (non-hydrogen) atoms. The highest BCUT2D eigenvalue weighted by molar-refractivity contribution is 6.18. The Labute approximate surface area is 362 Å². The Kier molecular flexibility index (Phi) is 9.76. The third-order valence-electron chi connectivity index (χ3n) is 12.1. The second-order valence-corrected chi connectivity index (χ2v) is 16.1. The summed E-state index contributed by atoms with van der Waals surface area (Å²) in [6, 6.07) is 71.6. The molecule has 1 unspecified atom stereocenters. The lowest BCUT2D eigenvalue weighted by Gasteiger charge is -2.25. The maximum atomic E-state index is 5.48. The Morgan fingerprint density at radius 2 is 1.10 bits per heavy atom. The molecule has 11 rings (SSSR count). The van der Waals surface area contributed by atoms with E-state index in [4.69, 9.17) is 9.98 Å². The van der Waals surface area contributed by atoms with Crippen LogP contribution in [0, 0.1) is 0 Å². The fourth-order valence-electron chi connectivity index (χ4n) is 8.95. The molecule has 1 atom stereocenters. The fourth-order valence-corrected chi connectivity index (χ4v) is 8.95. The molecule has 0 fully saturated rings. The van der Waals surface area contributed by atoms with Crippen LogP contribution in [-0.2, 0) is 0 Å². The summed E-state index contributed by atoms with van der Waals surface area (Å²) < 4.78 is 0. The fraction of sp³-hybridized carbons (Fsp3) is 0.0508. The second-order valence-electron chi connectivity index (χ2n) is 16.1. The van der Waals surface area contributed by atoms with Gasteiger partial charge in [0.1, 0.15) is 6.17 Å². The average molecular weight is 794 g/mol. The highest BCUT2D eigenvalue weighted by Gasteiger charge is 2.22. The number of fused-ring (bicyclic) bond motifs is 3. The minimum atomic E-state index is -0.308. The van der Waals surface area contributed by atoms with Gasteiger partial charge in [0, 0.05) is 27.8 Å². The zero-order valence-electron chi connectivity index (χ0n) is 34.2. The molecule has 1 aliphatic carbocycles. The van der Waals surface area contributed by atoms with Crippen molar-refractivity contribution in [3.8, 4) is 44.6 Å². The summed E-state index contributed by atoms with van der Waals surface area (Å²) in [5, 5.41) is 7.38. The molecule has 1 aliphatic heterocycles. The Hall–Kier alpha value is -7.88. The van der Waals surface area contributed by atoms with E-state index in [1.54, 1.807) is 0 Å². The highest BCUT2D eigenvalue weighted by Crippen LogP contribution is 2.42. The topological polar surface area (TPSA) is 37.3 Å². The van der Waals surface area contributed by atoms with Crippen molar-refractivity contribution in [2.24, 2.45) is 4.99 Å². The quantitative estimate of drug-likeness (QED) is 0.156. The summed E-state index contributed by atoms with van der Waals surface area (Å²) >= 11 is 0. The van der Waals surface area contributed by atoms with Crippen LogP contribution in [0.25, 0.3) is 77.6 Å². The van der Waals surface area contributed by atoms with Crippen LogP contribution in [-0.4, -0.2) is 10.7 Å². The molecular weight excluding hydrogens is 751 g/mol. The van der Waals surface area contributed by atoms with Crippen LogP contribution in [0.1, 0.15) is 41.3 Å². The molecule has 1 N–H and O–H groups in total. The molecule has 9 aromatic rings. The van der Waals surface area contributed by atoms with Gasteiger partial charge >= 0.3 is 0 Å². The largest absolute Gasteiger partial charge is 0.360 e. The lowest BCUT2D eigenvalue weighted by molar-refractivity contribution is 0.664. The van der Waals surface area contributed by atoms with Crippen molar-refractivity contribution in [1.82, 2.24) is 10.3 Å². The van der Waals surface area contributed by atoms with Crippen LogP contribution in [0.15, 0.2) is 229 Å². The van der Waals surface area contributed by atoms with Crippen molar-refractivity contribution in [2.45, 2.75) is 19.0 Å². The normalized spacial score (nSPS) is 14.8. The molecule has 1 aromatic heterocycles. The number of nitrogens with one attached hydrogen (secondary N) is 1. The van der Waals surface area contributed by atoms with Gasteiger partial charge in [0.2, 0.25) is 0 Å². The van der Waals surface area contributed by atoms with Gasteiger partial charge in [0.25, 0.3) is 0 Å². The van der Waals surface area contributed by atoms with Gasteiger partial charge in [-0.3, -0.25) is 4.99 Å². The van der Waals surface area contributed by atoms with Crippen LogP contribution >= 0.6 is 0 Å². The summed E-state index contributed by atoms with van der Waals surface area (Å²) in [6.07, 6.45) is 10.9. The number of rotatable bonds is 8. The molecule has 8 aromatic carbocycles. The van der Waals surface area contributed by atoms with Gasteiger partial charge in [0.15, 0.2) is 0 Å². The van der Waals surface area contributed by atoms with Crippen molar-refractivity contribution in [3.63, 3.8) is 0 Å². The third kappa shape index (κ3) is 7.24. The molecule has 0 saturated carbocycles. The van der Waals surface area contributed by atoms with Crippen LogP contribution < -0.4 is 5.32 Å². The predicted octanol–water partition coefficient (Wildman–Crippen LogP) is 14.9.